The zero-order valence-electron chi connectivity index (χ0n) is 11.1. The Morgan fingerprint density at radius 1 is 1.35 bits per heavy atom. The van der Waals surface area contributed by atoms with Crippen molar-refractivity contribution in [3.05, 3.63) is 35.4 Å². The fourth-order valence-electron chi connectivity index (χ4n) is 2.43. The number of nitrogens with zero attached hydrogens (tertiary/aromatic N) is 2. The molecule has 0 aromatic heterocycles. The molecule has 1 aromatic carbocycles. The average Bonchev–Trinajstić information content (AvgIpc) is 2.47. The number of hydrogen-bond acceptors (Lipinski definition) is 4. The highest BCUT2D eigenvalue weighted by molar-refractivity contribution is 5.97. The summed E-state index contributed by atoms with van der Waals surface area (Å²) in [6.45, 7) is 1.42. The molecule has 1 fully saturated rings. The number of benzene rings is 1. The molecule has 104 valence electrons. The van der Waals surface area contributed by atoms with E-state index in [0.717, 1.165) is 13.0 Å². The van der Waals surface area contributed by atoms with Crippen LogP contribution in [0.4, 0.5) is 0 Å². The highest BCUT2D eigenvalue weighted by Crippen LogP contribution is 2.17. The number of piperidine rings is 1. The summed E-state index contributed by atoms with van der Waals surface area (Å²) < 4.78 is 0. The van der Waals surface area contributed by atoms with Crippen LogP contribution >= 0.6 is 0 Å². The molecule has 1 saturated heterocycles. The molecule has 0 amide bonds. The average molecular weight is 272 g/mol. The van der Waals surface area contributed by atoms with Crippen LogP contribution in [0.25, 0.3) is 0 Å². The van der Waals surface area contributed by atoms with Gasteiger partial charge in [0.2, 0.25) is 0 Å². The SMILES string of the molecule is N#Cc1ccc(C(=O)CN2CCCC(C(=O)O)C2)cc1. The first-order chi connectivity index (χ1) is 9.60. The molecule has 1 heterocycles. The second-order valence-corrected chi connectivity index (χ2v) is 5.02. The van der Waals surface area contributed by atoms with Crippen LogP contribution in [-0.2, 0) is 4.79 Å². The van der Waals surface area contributed by atoms with Gasteiger partial charge < -0.3 is 5.11 Å². The zero-order chi connectivity index (χ0) is 14.5. The number of rotatable bonds is 4. The summed E-state index contributed by atoms with van der Waals surface area (Å²) in [5.74, 6) is -1.21. The number of carbonyl (C=O) groups excluding carboxylic acids is 1. The maximum absolute atomic E-state index is 12.1. The Balaban J connectivity index is 1.96. The normalized spacial score (nSPS) is 19.2. The molecule has 0 radical (unpaired) electrons. The van der Waals surface area contributed by atoms with Gasteiger partial charge in [0.1, 0.15) is 0 Å². The zero-order valence-corrected chi connectivity index (χ0v) is 11.1. The third-order valence-electron chi connectivity index (χ3n) is 3.56. The Morgan fingerprint density at radius 3 is 2.65 bits per heavy atom. The van der Waals surface area contributed by atoms with Gasteiger partial charge in [0.25, 0.3) is 0 Å². The summed E-state index contributed by atoms with van der Waals surface area (Å²) >= 11 is 0. The number of likely N-dealkylation sites (tertiary alicyclic amines) is 1. The molecule has 1 aromatic rings. The third-order valence-corrected chi connectivity index (χ3v) is 3.56. The molecule has 0 bridgehead atoms. The van der Waals surface area contributed by atoms with Crippen LogP contribution in [0.3, 0.4) is 0 Å². The highest BCUT2D eigenvalue weighted by Gasteiger charge is 2.26. The fraction of sp³-hybridized carbons (Fsp3) is 0.400. The highest BCUT2D eigenvalue weighted by atomic mass is 16.4. The number of carboxylic acids is 1. The number of carboxylic acid groups (broad SMARTS) is 1. The predicted octanol–water partition coefficient (Wildman–Crippen LogP) is 1.54. The van der Waals surface area contributed by atoms with E-state index in [1.807, 2.05) is 11.0 Å². The molecule has 0 spiro atoms. The Bertz CT molecular complexity index is 545. The lowest BCUT2D eigenvalue weighted by molar-refractivity contribution is -0.143. The molecular formula is C15H16N2O3. The number of hydrogen-bond donors (Lipinski definition) is 1. The molecule has 1 atom stereocenters. The molecule has 1 aliphatic rings. The van der Waals surface area contributed by atoms with Crippen molar-refractivity contribution in [2.24, 2.45) is 5.92 Å². The molecule has 1 aliphatic heterocycles. The van der Waals surface area contributed by atoms with Crippen LogP contribution < -0.4 is 0 Å². The lowest BCUT2D eigenvalue weighted by atomic mass is 9.97. The van der Waals surface area contributed by atoms with Gasteiger partial charge in [0, 0.05) is 12.1 Å². The molecule has 5 heteroatoms. The van der Waals surface area contributed by atoms with Crippen molar-refractivity contribution in [3.8, 4) is 6.07 Å². The number of ketones is 1. The Hall–Kier alpha value is -2.19. The summed E-state index contributed by atoms with van der Waals surface area (Å²) in [6.07, 6.45) is 1.48. The first-order valence-electron chi connectivity index (χ1n) is 6.58. The first-order valence-corrected chi connectivity index (χ1v) is 6.58. The predicted molar refractivity (Wildman–Crippen MR) is 72.3 cm³/mol. The largest absolute Gasteiger partial charge is 0.481 e. The first kappa shape index (κ1) is 14.2. The van der Waals surface area contributed by atoms with E-state index in [-0.39, 0.29) is 18.2 Å². The molecule has 1 unspecified atom stereocenters. The molecular weight excluding hydrogens is 256 g/mol. The second-order valence-electron chi connectivity index (χ2n) is 5.02. The topological polar surface area (TPSA) is 81.4 Å². The van der Waals surface area contributed by atoms with E-state index in [1.165, 1.54) is 0 Å². The van der Waals surface area contributed by atoms with E-state index in [2.05, 4.69) is 0 Å². The molecule has 5 nitrogen and oxygen atoms in total. The van der Waals surface area contributed by atoms with Crippen molar-refractivity contribution in [3.63, 3.8) is 0 Å². The fourth-order valence-corrected chi connectivity index (χ4v) is 2.43. The van der Waals surface area contributed by atoms with Crippen LogP contribution in [0.2, 0.25) is 0 Å². The maximum Gasteiger partial charge on any atom is 0.307 e. The smallest absolute Gasteiger partial charge is 0.307 e. The van der Waals surface area contributed by atoms with Crippen LogP contribution in [0.15, 0.2) is 24.3 Å². The Kier molecular flexibility index (Phi) is 4.49. The van der Waals surface area contributed by atoms with Gasteiger partial charge in [-0.3, -0.25) is 14.5 Å². The minimum Gasteiger partial charge on any atom is -0.481 e. The van der Waals surface area contributed by atoms with Gasteiger partial charge in [-0.1, -0.05) is 12.1 Å². The van der Waals surface area contributed by atoms with Crippen LogP contribution in [-0.4, -0.2) is 41.4 Å². The summed E-state index contributed by atoms with van der Waals surface area (Å²) in [7, 11) is 0. The molecule has 1 N–H and O–H groups in total. The minimum absolute atomic E-state index is 0.0412. The third kappa shape index (κ3) is 3.43. The van der Waals surface area contributed by atoms with Crippen molar-refractivity contribution in [2.75, 3.05) is 19.6 Å². The van der Waals surface area contributed by atoms with Gasteiger partial charge >= 0.3 is 5.97 Å². The van der Waals surface area contributed by atoms with Crippen molar-refractivity contribution < 1.29 is 14.7 Å². The van der Waals surface area contributed by atoms with Crippen LogP contribution in [0, 0.1) is 17.2 Å². The lowest BCUT2D eigenvalue weighted by Crippen LogP contribution is -2.41. The summed E-state index contributed by atoms with van der Waals surface area (Å²) in [6, 6.07) is 8.51. The second kappa shape index (κ2) is 6.31. The Labute approximate surface area is 117 Å². The van der Waals surface area contributed by atoms with Crippen molar-refractivity contribution >= 4 is 11.8 Å². The number of aliphatic carboxylic acids is 1. The van der Waals surface area contributed by atoms with Gasteiger partial charge in [-0.05, 0) is 31.5 Å². The summed E-state index contributed by atoms with van der Waals surface area (Å²) in [5, 5.41) is 17.7. The molecule has 20 heavy (non-hydrogen) atoms. The number of carbonyl (C=O) groups is 2. The van der Waals surface area contributed by atoms with E-state index in [1.54, 1.807) is 24.3 Å². The quantitative estimate of drug-likeness (QED) is 0.841. The van der Waals surface area contributed by atoms with Gasteiger partial charge in [-0.25, -0.2) is 0 Å². The molecule has 0 aliphatic carbocycles. The monoisotopic (exact) mass is 272 g/mol. The summed E-state index contributed by atoms with van der Waals surface area (Å²) in [5.41, 5.74) is 1.08. The standard InChI is InChI=1S/C15H16N2O3/c16-8-11-3-5-12(6-4-11)14(18)10-17-7-1-2-13(9-17)15(19)20/h3-6,13H,1-2,7,9-10H2,(H,19,20). The lowest BCUT2D eigenvalue weighted by Gasteiger charge is -2.29. The van der Waals surface area contributed by atoms with E-state index in [9.17, 15) is 9.59 Å². The van der Waals surface area contributed by atoms with E-state index >= 15 is 0 Å². The van der Waals surface area contributed by atoms with Gasteiger partial charge in [0.05, 0.1) is 24.1 Å². The van der Waals surface area contributed by atoms with E-state index < -0.39 is 5.97 Å². The molecule has 0 saturated carbocycles. The number of nitriles is 1. The van der Waals surface area contributed by atoms with Gasteiger partial charge in [-0.15, -0.1) is 0 Å². The van der Waals surface area contributed by atoms with Crippen molar-refractivity contribution in [1.29, 1.82) is 5.26 Å². The van der Waals surface area contributed by atoms with Crippen LogP contribution in [0.1, 0.15) is 28.8 Å². The van der Waals surface area contributed by atoms with E-state index in [4.69, 9.17) is 10.4 Å². The molecule has 2 rings (SSSR count). The van der Waals surface area contributed by atoms with Crippen molar-refractivity contribution in [1.82, 2.24) is 4.90 Å². The minimum atomic E-state index is -0.791. The van der Waals surface area contributed by atoms with Gasteiger partial charge in [0.15, 0.2) is 5.78 Å². The van der Waals surface area contributed by atoms with Gasteiger partial charge in [-0.2, -0.15) is 5.26 Å². The van der Waals surface area contributed by atoms with Crippen molar-refractivity contribution in [2.45, 2.75) is 12.8 Å². The van der Waals surface area contributed by atoms with Crippen LogP contribution in [0.5, 0.6) is 0 Å². The maximum atomic E-state index is 12.1. The van der Waals surface area contributed by atoms with E-state index in [0.29, 0.717) is 24.1 Å². The summed E-state index contributed by atoms with van der Waals surface area (Å²) in [4.78, 5) is 25.0. The number of Topliss-reactive ketones (excluding diaryl/α,β-unsaturated/α-hetero) is 1. The Morgan fingerprint density at radius 2 is 2.05 bits per heavy atom.